The van der Waals surface area contributed by atoms with Crippen LogP contribution >= 0.6 is 24.0 Å². The summed E-state index contributed by atoms with van der Waals surface area (Å²) < 4.78 is 5.41. The summed E-state index contributed by atoms with van der Waals surface area (Å²) in [6, 6.07) is 0. The molecule has 0 aromatic rings. The minimum atomic E-state index is 0. The van der Waals surface area contributed by atoms with Gasteiger partial charge in [0.15, 0.2) is 5.96 Å². The van der Waals surface area contributed by atoms with Gasteiger partial charge in [-0.2, -0.15) is 0 Å². The first-order valence-corrected chi connectivity index (χ1v) is 10.9. The molecule has 2 aliphatic rings. The van der Waals surface area contributed by atoms with Crippen molar-refractivity contribution in [1.82, 2.24) is 20.4 Å². The fourth-order valence-electron chi connectivity index (χ4n) is 3.96. The normalized spacial score (nSPS) is 19.4. The molecule has 2 rings (SSSR count). The molecule has 7 nitrogen and oxygen atoms in total. The van der Waals surface area contributed by atoms with Crippen molar-refractivity contribution in [2.45, 2.75) is 46.0 Å². The minimum absolute atomic E-state index is 0. The van der Waals surface area contributed by atoms with Crippen LogP contribution in [0.2, 0.25) is 0 Å². The van der Waals surface area contributed by atoms with Crippen LogP contribution in [0.1, 0.15) is 46.0 Å². The number of halogens is 1. The molecule has 0 radical (unpaired) electrons. The highest BCUT2D eigenvalue weighted by Gasteiger charge is 2.30. The zero-order chi connectivity index (χ0) is 20.4. The number of morpholine rings is 1. The van der Waals surface area contributed by atoms with Gasteiger partial charge in [-0.25, -0.2) is 4.99 Å². The number of rotatable bonds is 8. The molecule has 29 heavy (non-hydrogen) atoms. The predicted octanol–water partition coefficient (Wildman–Crippen LogP) is 2.17. The Balaban J connectivity index is 0.00000420. The van der Waals surface area contributed by atoms with Gasteiger partial charge in [-0.05, 0) is 24.2 Å². The van der Waals surface area contributed by atoms with Gasteiger partial charge in [-0.15, -0.1) is 24.0 Å². The average Bonchev–Trinajstić information content (AvgIpc) is 2.70. The van der Waals surface area contributed by atoms with E-state index in [1.54, 1.807) is 19.0 Å². The monoisotopic (exact) mass is 523 g/mol. The molecule has 1 saturated heterocycles. The Kier molecular flexibility index (Phi) is 12.4. The van der Waals surface area contributed by atoms with Crippen LogP contribution in [0.15, 0.2) is 4.99 Å². The van der Waals surface area contributed by atoms with Crippen molar-refractivity contribution in [2.75, 3.05) is 66.6 Å². The van der Waals surface area contributed by atoms with Gasteiger partial charge in [-0.3, -0.25) is 9.69 Å². The zero-order valence-electron chi connectivity index (χ0n) is 18.8. The number of guanidine groups is 1. The second-order valence-corrected chi connectivity index (χ2v) is 9.01. The fraction of sp³-hybridized carbons (Fsp3) is 0.905. The van der Waals surface area contributed by atoms with E-state index in [4.69, 9.17) is 4.74 Å². The molecule has 1 aliphatic carbocycles. The van der Waals surface area contributed by atoms with Gasteiger partial charge < -0.3 is 20.3 Å². The lowest BCUT2D eigenvalue weighted by molar-refractivity contribution is -0.127. The lowest BCUT2D eigenvalue weighted by Crippen LogP contribution is -2.47. The Bertz CT molecular complexity index is 501. The van der Waals surface area contributed by atoms with Gasteiger partial charge in [0, 0.05) is 46.8 Å². The number of nitrogens with one attached hydrogen (secondary N) is 2. The summed E-state index contributed by atoms with van der Waals surface area (Å²) in [5.74, 6) is 1.51. The van der Waals surface area contributed by atoms with Crippen LogP contribution in [0.5, 0.6) is 0 Å². The number of hydrogen-bond donors (Lipinski definition) is 2. The maximum atomic E-state index is 12.0. The second-order valence-electron chi connectivity index (χ2n) is 9.01. The Labute approximate surface area is 194 Å². The maximum Gasteiger partial charge on any atom is 0.243 e. The van der Waals surface area contributed by atoms with Crippen LogP contribution in [0.3, 0.4) is 0 Å². The summed E-state index contributed by atoms with van der Waals surface area (Å²) in [7, 11) is 3.53. The van der Waals surface area contributed by atoms with Gasteiger partial charge in [-0.1, -0.05) is 33.1 Å². The topological polar surface area (TPSA) is 69.2 Å². The van der Waals surface area contributed by atoms with Crippen LogP contribution in [0, 0.1) is 11.3 Å². The third-order valence-corrected chi connectivity index (χ3v) is 6.12. The van der Waals surface area contributed by atoms with E-state index in [-0.39, 0.29) is 41.8 Å². The van der Waals surface area contributed by atoms with Crippen LogP contribution in [-0.4, -0.2) is 88.2 Å². The Morgan fingerprint density at radius 2 is 1.79 bits per heavy atom. The lowest BCUT2D eigenvalue weighted by atomic mass is 9.71. The molecule has 0 atom stereocenters. The van der Waals surface area contributed by atoms with E-state index in [0.29, 0.717) is 0 Å². The summed E-state index contributed by atoms with van der Waals surface area (Å²) in [4.78, 5) is 20.5. The SMILES string of the molecule is CN(C)C(=O)CN=C(NCCN1CCOCC1)NCC(C)(C)C1CCCCC1.I. The summed E-state index contributed by atoms with van der Waals surface area (Å²) in [5, 5.41) is 6.94. The number of carbonyl (C=O) groups is 1. The largest absolute Gasteiger partial charge is 0.379 e. The molecular formula is C21H42IN5O2. The van der Waals surface area contributed by atoms with Crippen molar-refractivity contribution in [3.05, 3.63) is 0 Å². The maximum absolute atomic E-state index is 12.0. The van der Waals surface area contributed by atoms with E-state index >= 15 is 0 Å². The number of ether oxygens (including phenoxy) is 1. The zero-order valence-corrected chi connectivity index (χ0v) is 21.2. The number of nitrogens with zero attached hydrogens (tertiary/aromatic N) is 3. The van der Waals surface area contributed by atoms with Gasteiger partial charge in [0.2, 0.25) is 5.91 Å². The van der Waals surface area contributed by atoms with E-state index in [1.165, 1.54) is 32.1 Å². The van der Waals surface area contributed by atoms with Crippen LogP contribution < -0.4 is 10.6 Å². The van der Waals surface area contributed by atoms with Crippen molar-refractivity contribution in [2.24, 2.45) is 16.3 Å². The standard InChI is InChI=1S/C21H41N5O2.HI/c1-21(2,18-8-6-5-7-9-18)17-24-20(23-16-19(27)25(3)4)22-10-11-26-12-14-28-15-13-26;/h18H,5-17H2,1-4H3,(H2,22,23,24);1H. The summed E-state index contributed by atoms with van der Waals surface area (Å²) in [5.41, 5.74) is 0.221. The number of aliphatic imine (C=N–C) groups is 1. The molecule has 170 valence electrons. The minimum Gasteiger partial charge on any atom is -0.379 e. The number of carbonyl (C=O) groups excluding carboxylic acids is 1. The highest BCUT2D eigenvalue weighted by Crippen LogP contribution is 2.37. The third kappa shape index (κ3) is 9.83. The number of likely N-dealkylation sites (N-methyl/N-ethyl adjacent to an activating group) is 1. The van der Waals surface area contributed by atoms with E-state index < -0.39 is 0 Å². The second kappa shape index (κ2) is 13.6. The van der Waals surface area contributed by atoms with Crippen molar-refractivity contribution in [3.8, 4) is 0 Å². The first-order chi connectivity index (χ1) is 13.4. The predicted molar refractivity (Wildman–Crippen MR) is 130 cm³/mol. The summed E-state index contributed by atoms with van der Waals surface area (Å²) >= 11 is 0. The van der Waals surface area contributed by atoms with E-state index in [2.05, 4.69) is 34.4 Å². The molecule has 2 fully saturated rings. The molecule has 1 heterocycles. The van der Waals surface area contributed by atoms with Gasteiger partial charge in [0.25, 0.3) is 0 Å². The van der Waals surface area contributed by atoms with Crippen LogP contribution in [0.4, 0.5) is 0 Å². The summed E-state index contributed by atoms with van der Waals surface area (Å²) in [6.45, 7) is 11.1. The first kappa shape index (κ1) is 26.4. The van der Waals surface area contributed by atoms with E-state index in [1.807, 2.05) is 0 Å². The molecule has 0 aromatic heterocycles. The molecule has 1 amide bonds. The van der Waals surface area contributed by atoms with Crippen LogP contribution in [-0.2, 0) is 9.53 Å². The van der Waals surface area contributed by atoms with Crippen LogP contribution in [0.25, 0.3) is 0 Å². The Morgan fingerprint density at radius 3 is 2.41 bits per heavy atom. The molecular weight excluding hydrogens is 481 g/mol. The molecule has 0 spiro atoms. The van der Waals surface area contributed by atoms with Crippen molar-refractivity contribution >= 4 is 35.8 Å². The molecule has 2 N–H and O–H groups in total. The quantitative estimate of drug-likeness (QED) is 0.290. The van der Waals surface area contributed by atoms with Crippen molar-refractivity contribution in [3.63, 3.8) is 0 Å². The highest BCUT2D eigenvalue weighted by molar-refractivity contribution is 14.0. The number of hydrogen-bond acceptors (Lipinski definition) is 4. The molecule has 0 aromatic carbocycles. The third-order valence-electron chi connectivity index (χ3n) is 6.12. The van der Waals surface area contributed by atoms with Crippen molar-refractivity contribution < 1.29 is 9.53 Å². The molecule has 8 heteroatoms. The molecule has 0 unspecified atom stereocenters. The molecule has 1 saturated carbocycles. The molecule has 1 aliphatic heterocycles. The Hall–Kier alpha value is -0.610. The number of amides is 1. The highest BCUT2D eigenvalue weighted by atomic mass is 127. The van der Waals surface area contributed by atoms with Gasteiger partial charge in [0.05, 0.1) is 13.2 Å². The Morgan fingerprint density at radius 1 is 1.14 bits per heavy atom. The van der Waals surface area contributed by atoms with Gasteiger partial charge >= 0.3 is 0 Å². The van der Waals surface area contributed by atoms with E-state index in [9.17, 15) is 4.79 Å². The molecule has 0 bridgehead atoms. The van der Waals surface area contributed by atoms with Gasteiger partial charge in [0.1, 0.15) is 6.54 Å². The smallest absolute Gasteiger partial charge is 0.243 e. The lowest BCUT2D eigenvalue weighted by Gasteiger charge is -2.37. The first-order valence-electron chi connectivity index (χ1n) is 10.9. The average molecular weight is 524 g/mol. The fourth-order valence-corrected chi connectivity index (χ4v) is 3.96. The summed E-state index contributed by atoms with van der Waals surface area (Å²) in [6.07, 6.45) is 6.73. The van der Waals surface area contributed by atoms with Crippen molar-refractivity contribution in [1.29, 1.82) is 0 Å². The van der Waals surface area contributed by atoms with E-state index in [0.717, 1.165) is 57.8 Å².